The van der Waals surface area contributed by atoms with E-state index in [1.807, 2.05) is 41.0 Å². The highest BCUT2D eigenvalue weighted by atomic mass is 19.4. The van der Waals surface area contributed by atoms with Gasteiger partial charge in [0.05, 0.1) is 31.1 Å². The van der Waals surface area contributed by atoms with Crippen LogP contribution < -0.4 is 9.64 Å². The number of amides is 1. The summed E-state index contributed by atoms with van der Waals surface area (Å²) in [5, 5.41) is 9.53. The van der Waals surface area contributed by atoms with Gasteiger partial charge in [-0.15, -0.1) is 0 Å². The van der Waals surface area contributed by atoms with Crippen LogP contribution in [0.1, 0.15) is 61.1 Å². The van der Waals surface area contributed by atoms with E-state index < -0.39 is 23.6 Å². The van der Waals surface area contributed by atoms with Crippen LogP contribution in [0.5, 0.6) is 5.75 Å². The molecular formula is C37H48F3N3O6. The number of carboxylic acids is 1. The predicted octanol–water partition coefficient (Wildman–Crippen LogP) is 5.49. The third kappa shape index (κ3) is 7.86. The number of halogens is 3. The number of alkyl halides is 3. The smallest absolute Gasteiger partial charge is 0.416 e. The van der Waals surface area contributed by atoms with Crippen LogP contribution in [0.25, 0.3) is 0 Å². The van der Waals surface area contributed by atoms with Crippen LogP contribution in [0.3, 0.4) is 0 Å². The van der Waals surface area contributed by atoms with Gasteiger partial charge in [0.2, 0.25) is 5.91 Å². The van der Waals surface area contributed by atoms with Crippen molar-refractivity contribution in [3.63, 3.8) is 0 Å². The van der Waals surface area contributed by atoms with Crippen LogP contribution in [0, 0.1) is 17.8 Å². The molecule has 268 valence electrons. The lowest BCUT2D eigenvalue weighted by Crippen LogP contribution is -2.40. The number of carbonyl (C=O) groups is 2. The van der Waals surface area contributed by atoms with E-state index in [0.29, 0.717) is 83.7 Å². The van der Waals surface area contributed by atoms with Gasteiger partial charge in [-0.2, -0.15) is 13.2 Å². The molecule has 4 aliphatic heterocycles. The third-order valence-corrected chi connectivity index (χ3v) is 11.1. The first-order valence-corrected chi connectivity index (χ1v) is 17.6. The monoisotopic (exact) mass is 687 g/mol. The molecule has 2 aromatic rings. The molecule has 1 N–H and O–H groups in total. The molecule has 0 aromatic heterocycles. The fourth-order valence-electron chi connectivity index (χ4n) is 8.37. The molecule has 2 aromatic carbocycles. The molecular weight excluding hydrogens is 639 g/mol. The van der Waals surface area contributed by atoms with Crippen molar-refractivity contribution in [2.24, 2.45) is 17.8 Å². The number of anilines is 1. The van der Waals surface area contributed by atoms with Gasteiger partial charge in [-0.3, -0.25) is 14.5 Å². The van der Waals surface area contributed by atoms with E-state index >= 15 is 0 Å². The number of carboxylic acid groups (broad SMARTS) is 1. The molecule has 9 nitrogen and oxygen atoms in total. The van der Waals surface area contributed by atoms with E-state index in [4.69, 9.17) is 14.2 Å². The minimum atomic E-state index is -4.52. The Morgan fingerprint density at radius 1 is 0.939 bits per heavy atom. The second-order valence-electron chi connectivity index (χ2n) is 13.9. The Morgan fingerprint density at radius 3 is 2.29 bits per heavy atom. The summed E-state index contributed by atoms with van der Waals surface area (Å²) in [6.07, 6.45) is -1.94. The molecule has 6 rings (SSSR count). The number of carbonyl (C=O) groups excluding carboxylic acids is 1. The molecule has 4 saturated heterocycles. The molecule has 4 fully saturated rings. The van der Waals surface area contributed by atoms with Crippen LogP contribution in [0.15, 0.2) is 42.5 Å². The van der Waals surface area contributed by atoms with Crippen molar-refractivity contribution in [3.8, 4) is 5.75 Å². The normalized spacial score (nSPS) is 26.0. The Bertz CT molecular complexity index is 1440. The van der Waals surface area contributed by atoms with Crippen molar-refractivity contribution in [3.05, 3.63) is 59.2 Å². The summed E-state index contributed by atoms with van der Waals surface area (Å²) in [7, 11) is 1.63. The van der Waals surface area contributed by atoms with Crippen LogP contribution >= 0.6 is 0 Å². The predicted molar refractivity (Wildman–Crippen MR) is 178 cm³/mol. The highest BCUT2D eigenvalue weighted by Crippen LogP contribution is 2.44. The lowest BCUT2D eigenvalue weighted by Gasteiger charge is -2.35. The summed E-state index contributed by atoms with van der Waals surface area (Å²) in [6.45, 7) is 7.14. The number of hydrogen-bond acceptors (Lipinski definition) is 7. The number of likely N-dealkylation sites (tertiary alicyclic amines) is 2. The highest BCUT2D eigenvalue weighted by Gasteiger charge is 2.46. The fraction of sp³-hybridized carbons (Fsp3) is 0.622. The second kappa shape index (κ2) is 15.3. The zero-order valence-corrected chi connectivity index (χ0v) is 28.4. The lowest BCUT2D eigenvalue weighted by molar-refractivity contribution is -0.142. The number of piperidine rings is 1. The highest BCUT2D eigenvalue weighted by molar-refractivity contribution is 5.81. The largest absolute Gasteiger partial charge is 0.497 e. The molecule has 0 spiro atoms. The van der Waals surface area contributed by atoms with E-state index in [9.17, 15) is 27.9 Å². The van der Waals surface area contributed by atoms with Gasteiger partial charge in [-0.1, -0.05) is 18.2 Å². The quantitative estimate of drug-likeness (QED) is 0.351. The average molecular weight is 688 g/mol. The summed E-state index contributed by atoms with van der Waals surface area (Å²) in [5.74, 6) is -1.20. The Labute approximate surface area is 286 Å². The maximum absolute atomic E-state index is 14.6. The van der Waals surface area contributed by atoms with Crippen molar-refractivity contribution < 1.29 is 42.1 Å². The van der Waals surface area contributed by atoms with Gasteiger partial charge in [-0.05, 0) is 68.0 Å². The summed E-state index contributed by atoms with van der Waals surface area (Å²) in [6, 6.07) is 12.2. The molecule has 0 aliphatic carbocycles. The molecule has 12 heteroatoms. The standard InChI is InChI=1S/C37H48F3N3O6/c1-3-48-23-26-19-43(21-32(26)30-9-6-27(37(38,39)40)18-34(30)41-14-10-25(11-15-41)36(45)46)35(44)33-22-42(28-12-16-49-17-13-28)20-31(33)24-4-7-29(47-2)8-5-24/h4-9,18,25-26,28,31-33H,3,10-17,19-23H2,1-2H3,(H,45,46)/t26-,31+,32+,33-/m1/s1. The number of ether oxygens (including phenoxy) is 3. The molecule has 49 heavy (non-hydrogen) atoms. The summed E-state index contributed by atoms with van der Waals surface area (Å²) >= 11 is 0. The van der Waals surface area contributed by atoms with Crippen LogP contribution in [-0.2, 0) is 25.2 Å². The number of methoxy groups -OCH3 is 1. The maximum Gasteiger partial charge on any atom is 0.416 e. The zero-order valence-electron chi connectivity index (χ0n) is 28.4. The van der Waals surface area contributed by atoms with Crippen molar-refractivity contribution in [1.82, 2.24) is 9.80 Å². The molecule has 0 saturated carbocycles. The number of benzene rings is 2. The van der Waals surface area contributed by atoms with Crippen molar-refractivity contribution >= 4 is 17.6 Å². The second-order valence-corrected chi connectivity index (χ2v) is 13.9. The molecule has 1 amide bonds. The van der Waals surface area contributed by atoms with Gasteiger partial charge >= 0.3 is 12.1 Å². The Hall–Kier alpha value is -3.35. The van der Waals surface area contributed by atoms with Crippen molar-refractivity contribution in [2.45, 2.75) is 56.7 Å². The minimum absolute atomic E-state index is 0.0113. The van der Waals surface area contributed by atoms with Crippen molar-refractivity contribution in [1.29, 1.82) is 0 Å². The Morgan fingerprint density at radius 2 is 1.65 bits per heavy atom. The van der Waals surface area contributed by atoms with Gasteiger partial charge in [0.15, 0.2) is 0 Å². The topological polar surface area (TPSA) is 91.8 Å². The van der Waals surface area contributed by atoms with Crippen LogP contribution in [-0.4, -0.2) is 106 Å². The van der Waals surface area contributed by atoms with E-state index in [1.165, 1.54) is 6.07 Å². The van der Waals surface area contributed by atoms with Gasteiger partial charge < -0.3 is 29.1 Å². The zero-order chi connectivity index (χ0) is 34.7. The van der Waals surface area contributed by atoms with E-state index in [-0.39, 0.29) is 29.6 Å². The summed E-state index contributed by atoms with van der Waals surface area (Å²) < 4.78 is 58.9. The molecule has 0 unspecified atom stereocenters. The summed E-state index contributed by atoms with van der Waals surface area (Å²) in [4.78, 5) is 32.5. The van der Waals surface area contributed by atoms with Gasteiger partial charge in [-0.25, -0.2) is 0 Å². The third-order valence-electron chi connectivity index (χ3n) is 11.1. The van der Waals surface area contributed by atoms with Crippen LogP contribution in [0.4, 0.5) is 18.9 Å². The van der Waals surface area contributed by atoms with Gasteiger partial charge in [0.1, 0.15) is 5.75 Å². The first-order chi connectivity index (χ1) is 23.6. The molecule has 0 bridgehead atoms. The number of aliphatic carboxylic acids is 1. The van der Waals surface area contributed by atoms with E-state index in [2.05, 4.69) is 4.90 Å². The average Bonchev–Trinajstić information content (AvgIpc) is 3.76. The molecule has 4 atom stereocenters. The molecule has 4 heterocycles. The Balaban J connectivity index is 1.29. The Kier molecular flexibility index (Phi) is 11.1. The minimum Gasteiger partial charge on any atom is -0.497 e. The summed E-state index contributed by atoms with van der Waals surface area (Å²) in [5.41, 5.74) is 1.58. The van der Waals surface area contributed by atoms with Gasteiger partial charge in [0, 0.05) is 88.6 Å². The van der Waals surface area contributed by atoms with Crippen LogP contribution in [0.2, 0.25) is 0 Å². The lowest BCUT2D eigenvalue weighted by atomic mass is 9.86. The first-order valence-electron chi connectivity index (χ1n) is 17.6. The number of hydrogen-bond donors (Lipinski definition) is 1. The molecule has 0 radical (unpaired) electrons. The number of rotatable bonds is 10. The maximum atomic E-state index is 14.6. The molecule has 4 aliphatic rings. The van der Waals surface area contributed by atoms with Crippen molar-refractivity contribution in [2.75, 3.05) is 77.7 Å². The van der Waals surface area contributed by atoms with E-state index in [1.54, 1.807) is 13.2 Å². The van der Waals surface area contributed by atoms with Gasteiger partial charge in [0.25, 0.3) is 0 Å². The first kappa shape index (κ1) is 35.5. The van der Waals surface area contributed by atoms with E-state index in [0.717, 1.165) is 42.3 Å². The number of nitrogens with zero attached hydrogens (tertiary/aromatic N) is 3. The fourth-order valence-corrected chi connectivity index (χ4v) is 8.37. The SMILES string of the molecule is CCOC[C@H]1CN(C(=O)[C@@H]2CN(C3CCOCC3)C[C@H]2c2ccc(OC)cc2)C[C@@H]1c1ccc(C(F)(F)F)cc1N1CCC(C(=O)O)CC1.